The molecule has 0 aliphatic carbocycles. The van der Waals surface area contributed by atoms with E-state index in [9.17, 15) is 10.1 Å². The number of hydrogen-bond acceptors (Lipinski definition) is 5. The Bertz CT molecular complexity index is 749. The Balaban J connectivity index is 2.45. The minimum atomic E-state index is -0.619. The van der Waals surface area contributed by atoms with E-state index in [0.717, 1.165) is 12.1 Å². The van der Waals surface area contributed by atoms with Crippen LogP contribution in [-0.4, -0.2) is 4.92 Å². The smallest absolute Gasteiger partial charge is 0.272 e. The van der Waals surface area contributed by atoms with Crippen LogP contribution in [0.4, 0.5) is 22.7 Å². The molecular formula is C12H6Cl4N4O2. The van der Waals surface area contributed by atoms with E-state index in [1.54, 1.807) is 0 Å². The van der Waals surface area contributed by atoms with Gasteiger partial charge in [-0.2, -0.15) is 0 Å². The van der Waals surface area contributed by atoms with Gasteiger partial charge < -0.3 is 5.73 Å². The topological polar surface area (TPSA) is 93.9 Å². The van der Waals surface area contributed by atoms with Gasteiger partial charge in [0.25, 0.3) is 5.69 Å². The van der Waals surface area contributed by atoms with E-state index < -0.39 is 4.92 Å². The average molecular weight is 380 g/mol. The third-order valence-corrected chi connectivity index (χ3v) is 3.65. The van der Waals surface area contributed by atoms with Crippen LogP contribution in [0.1, 0.15) is 0 Å². The first-order chi connectivity index (χ1) is 10.3. The van der Waals surface area contributed by atoms with Gasteiger partial charge in [0.2, 0.25) is 0 Å². The standard InChI is InChI=1S/C12H6Cl4N4O2/c13-7-1-5(17)2-8(14)11(7)18-19-12-9(15)3-6(20(21)22)4-10(12)16/h1-4H,17H2. The van der Waals surface area contributed by atoms with Gasteiger partial charge in [-0.15, -0.1) is 10.2 Å². The fraction of sp³-hybridized carbons (Fsp3) is 0. The molecule has 0 unspecified atom stereocenters. The van der Waals surface area contributed by atoms with Gasteiger partial charge in [-0.3, -0.25) is 10.1 Å². The van der Waals surface area contributed by atoms with Crippen molar-refractivity contribution < 1.29 is 4.92 Å². The van der Waals surface area contributed by atoms with Gasteiger partial charge in [-0.05, 0) is 12.1 Å². The van der Waals surface area contributed by atoms with Crippen LogP contribution in [0.5, 0.6) is 0 Å². The van der Waals surface area contributed by atoms with Crippen molar-refractivity contribution in [2.75, 3.05) is 5.73 Å². The van der Waals surface area contributed by atoms with Crippen molar-refractivity contribution in [3.8, 4) is 0 Å². The second-order valence-electron chi connectivity index (χ2n) is 4.05. The van der Waals surface area contributed by atoms with Crippen LogP contribution < -0.4 is 5.73 Å². The number of nitrogens with two attached hydrogens (primary N) is 1. The Labute approximate surface area is 144 Å². The van der Waals surface area contributed by atoms with Crippen LogP contribution in [0.2, 0.25) is 20.1 Å². The summed E-state index contributed by atoms with van der Waals surface area (Å²) < 4.78 is 0. The van der Waals surface area contributed by atoms with E-state index in [-0.39, 0.29) is 37.2 Å². The molecule has 10 heteroatoms. The molecule has 22 heavy (non-hydrogen) atoms. The molecule has 6 nitrogen and oxygen atoms in total. The normalized spacial score (nSPS) is 11.1. The van der Waals surface area contributed by atoms with E-state index in [1.165, 1.54) is 12.1 Å². The second kappa shape index (κ2) is 6.66. The predicted molar refractivity (Wildman–Crippen MR) is 88.2 cm³/mol. The number of hydrogen-bond donors (Lipinski definition) is 1. The number of nitrogen functional groups attached to an aromatic ring is 1. The molecule has 0 aliphatic heterocycles. The van der Waals surface area contributed by atoms with Crippen LogP contribution in [0, 0.1) is 10.1 Å². The van der Waals surface area contributed by atoms with Crippen molar-refractivity contribution in [1.82, 2.24) is 0 Å². The Morgan fingerprint density at radius 2 is 1.23 bits per heavy atom. The minimum Gasteiger partial charge on any atom is -0.399 e. The highest BCUT2D eigenvalue weighted by molar-refractivity contribution is 6.40. The fourth-order valence-electron chi connectivity index (χ4n) is 1.53. The number of nitro groups is 1. The highest BCUT2D eigenvalue weighted by atomic mass is 35.5. The predicted octanol–water partition coefficient (Wildman–Crippen LogP) is 6.21. The molecule has 2 N–H and O–H groups in total. The van der Waals surface area contributed by atoms with Crippen LogP contribution in [0.15, 0.2) is 34.5 Å². The number of non-ortho nitro benzene ring substituents is 1. The number of nitro benzene ring substituents is 1. The Morgan fingerprint density at radius 3 is 1.59 bits per heavy atom. The summed E-state index contributed by atoms with van der Waals surface area (Å²) in [5, 5.41) is 18.8. The third-order valence-electron chi connectivity index (χ3n) is 2.50. The molecule has 0 spiro atoms. The molecule has 0 fully saturated rings. The minimum absolute atomic E-state index is 0.0226. The number of anilines is 1. The number of rotatable bonds is 3. The van der Waals surface area contributed by atoms with Crippen LogP contribution >= 0.6 is 46.4 Å². The van der Waals surface area contributed by atoms with Gasteiger partial charge in [0, 0.05) is 17.8 Å². The number of benzene rings is 2. The molecule has 2 aromatic carbocycles. The first-order valence-corrected chi connectivity index (χ1v) is 7.10. The lowest BCUT2D eigenvalue weighted by atomic mass is 10.3. The monoisotopic (exact) mass is 378 g/mol. The van der Waals surface area contributed by atoms with Crippen LogP contribution in [0.25, 0.3) is 0 Å². The highest BCUT2D eigenvalue weighted by Crippen LogP contribution is 2.40. The summed E-state index contributed by atoms with van der Waals surface area (Å²) in [4.78, 5) is 10.1. The van der Waals surface area contributed by atoms with Crippen LogP contribution in [0.3, 0.4) is 0 Å². The number of halogens is 4. The summed E-state index contributed by atoms with van der Waals surface area (Å²) in [6, 6.07) is 5.16. The zero-order chi connectivity index (χ0) is 16.4. The summed E-state index contributed by atoms with van der Waals surface area (Å²) >= 11 is 23.8. The van der Waals surface area contributed by atoms with Crippen molar-refractivity contribution in [3.05, 3.63) is 54.5 Å². The maximum atomic E-state index is 10.7. The van der Waals surface area contributed by atoms with E-state index >= 15 is 0 Å². The lowest BCUT2D eigenvalue weighted by molar-refractivity contribution is -0.384. The molecule has 0 aromatic heterocycles. The zero-order valence-corrected chi connectivity index (χ0v) is 13.6. The molecule has 0 aliphatic rings. The SMILES string of the molecule is Nc1cc(Cl)c(N=Nc2c(Cl)cc([N+](=O)[O-])cc2Cl)c(Cl)c1. The van der Waals surface area contributed by atoms with Gasteiger partial charge in [0.15, 0.2) is 0 Å². The molecule has 2 rings (SSSR count). The zero-order valence-electron chi connectivity index (χ0n) is 10.6. The Kier molecular flexibility index (Phi) is 5.08. The van der Waals surface area contributed by atoms with Crippen molar-refractivity contribution >= 4 is 69.2 Å². The van der Waals surface area contributed by atoms with E-state index in [0.29, 0.717) is 5.69 Å². The van der Waals surface area contributed by atoms with Gasteiger partial charge in [0.1, 0.15) is 11.4 Å². The quantitative estimate of drug-likeness (QED) is 0.297. The average Bonchev–Trinajstić information content (AvgIpc) is 2.39. The van der Waals surface area contributed by atoms with Crippen molar-refractivity contribution in [2.45, 2.75) is 0 Å². The number of azo groups is 1. The summed E-state index contributed by atoms with van der Waals surface area (Å²) in [6.07, 6.45) is 0. The Hall–Kier alpha value is -1.60. The molecule has 0 bridgehead atoms. The molecule has 0 atom stereocenters. The second-order valence-corrected chi connectivity index (χ2v) is 5.68. The van der Waals surface area contributed by atoms with Gasteiger partial charge in [0.05, 0.1) is 25.0 Å². The first kappa shape index (κ1) is 16.8. The molecule has 0 amide bonds. The lowest BCUT2D eigenvalue weighted by Gasteiger charge is -2.03. The summed E-state index contributed by atoms with van der Waals surface area (Å²) in [6.45, 7) is 0. The summed E-state index contributed by atoms with van der Waals surface area (Å²) in [5.74, 6) is 0. The molecule has 2 aromatic rings. The third kappa shape index (κ3) is 3.59. The van der Waals surface area contributed by atoms with Gasteiger partial charge >= 0.3 is 0 Å². The van der Waals surface area contributed by atoms with Gasteiger partial charge in [-0.1, -0.05) is 46.4 Å². The molecule has 0 heterocycles. The fourth-order valence-corrected chi connectivity index (χ4v) is 2.66. The summed E-state index contributed by atoms with van der Waals surface area (Å²) in [7, 11) is 0. The largest absolute Gasteiger partial charge is 0.399 e. The first-order valence-electron chi connectivity index (χ1n) is 5.59. The van der Waals surface area contributed by atoms with E-state index in [1.807, 2.05) is 0 Å². The maximum absolute atomic E-state index is 10.7. The lowest BCUT2D eigenvalue weighted by Crippen LogP contribution is -1.87. The van der Waals surface area contributed by atoms with Gasteiger partial charge in [-0.25, -0.2) is 0 Å². The Morgan fingerprint density at radius 1 is 0.864 bits per heavy atom. The highest BCUT2D eigenvalue weighted by Gasteiger charge is 2.15. The molecule has 0 radical (unpaired) electrons. The van der Waals surface area contributed by atoms with E-state index in [4.69, 9.17) is 52.1 Å². The van der Waals surface area contributed by atoms with Crippen molar-refractivity contribution in [3.63, 3.8) is 0 Å². The summed E-state index contributed by atoms with van der Waals surface area (Å²) in [5.41, 5.74) is 5.96. The van der Waals surface area contributed by atoms with Crippen molar-refractivity contribution in [2.24, 2.45) is 10.2 Å². The van der Waals surface area contributed by atoms with Crippen molar-refractivity contribution in [1.29, 1.82) is 0 Å². The molecular weight excluding hydrogens is 374 g/mol. The molecule has 114 valence electrons. The maximum Gasteiger partial charge on any atom is 0.272 e. The molecule has 0 saturated heterocycles. The number of nitrogens with zero attached hydrogens (tertiary/aromatic N) is 3. The van der Waals surface area contributed by atoms with E-state index in [2.05, 4.69) is 10.2 Å². The molecule has 0 saturated carbocycles. The van der Waals surface area contributed by atoms with Crippen LogP contribution in [-0.2, 0) is 0 Å².